The van der Waals surface area contributed by atoms with Crippen molar-refractivity contribution in [1.29, 1.82) is 0 Å². The van der Waals surface area contributed by atoms with Gasteiger partial charge in [-0.15, -0.1) is 0 Å². The highest BCUT2D eigenvalue weighted by atomic mass is 35.5. The zero-order chi connectivity index (χ0) is 22.3. The Kier molecular flexibility index (Phi) is 5.45. The molecular weight excluding hydrogens is 424 g/mol. The van der Waals surface area contributed by atoms with Crippen molar-refractivity contribution in [2.24, 2.45) is 5.73 Å². The molecule has 9 heteroatoms. The molecule has 1 amide bonds. The van der Waals surface area contributed by atoms with Gasteiger partial charge in [-0.3, -0.25) is 4.79 Å². The van der Waals surface area contributed by atoms with Crippen molar-refractivity contribution in [3.8, 4) is 11.3 Å². The second-order valence-corrected chi connectivity index (χ2v) is 8.26. The van der Waals surface area contributed by atoms with Crippen LogP contribution >= 0.6 is 11.6 Å². The third-order valence-corrected chi connectivity index (χ3v) is 5.82. The van der Waals surface area contributed by atoms with E-state index in [-0.39, 0.29) is 23.3 Å². The van der Waals surface area contributed by atoms with E-state index < -0.39 is 11.4 Å². The van der Waals surface area contributed by atoms with Crippen LogP contribution in [0.5, 0.6) is 0 Å². The highest BCUT2D eigenvalue weighted by molar-refractivity contribution is 6.30. The highest BCUT2D eigenvalue weighted by Crippen LogP contribution is 2.40. The average molecular weight is 446 g/mol. The zero-order valence-electron chi connectivity index (χ0n) is 17.1. The first-order valence-electron chi connectivity index (χ1n) is 9.82. The van der Waals surface area contributed by atoms with E-state index in [0.717, 1.165) is 0 Å². The van der Waals surface area contributed by atoms with Crippen LogP contribution in [0.2, 0.25) is 5.02 Å². The molecule has 1 aliphatic rings. The third-order valence-electron chi connectivity index (χ3n) is 5.51. The molecular formula is C22H22ClF2N5O. The number of hydrogen-bond donors (Lipinski definition) is 2. The van der Waals surface area contributed by atoms with E-state index in [9.17, 15) is 13.6 Å². The van der Waals surface area contributed by atoms with Crippen molar-refractivity contribution >= 4 is 29.0 Å². The monoisotopic (exact) mass is 445 g/mol. The molecule has 0 saturated carbocycles. The van der Waals surface area contributed by atoms with Gasteiger partial charge in [-0.25, -0.2) is 13.8 Å². The molecule has 31 heavy (non-hydrogen) atoms. The van der Waals surface area contributed by atoms with Crippen LogP contribution in [0.1, 0.15) is 19.7 Å². The Labute approximate surface area is 183 Å². The van der Waals surface area contributed by atoms with Gasteiger partial charge in [0.25, 0.3) is 0 Å². The van der Waals surface area contributed by atoms with Crippen LogP contribution < -0.4 is 11.1 Å². The minimum Gasteiger partial charge on any atom is -0.340 e. The fourth-order valence-corrected chi connectivity index (χ4v) is 4.04. The molecule has 162 valence electrons. The number of fused-ring (bicyclic) bond motifs is 1. The Morgan fingerprint density at radius 1 is 1.19 bits per heavy atom. The van der Waals surface area contributed by atoms with Crippen LogP contribution in [0, 0.1) is 11.6 Å². The maximum absolute atomic E-state index is 14.2. The van der Waals surface area contributed by atoms with E-state index in [1.807, 2.05) is 18.4 Å². The van der Waals surface area contributed by atoms with Crippen molar-refractivity contribution in [3.63, 3.8) is 0 Å². The number of anilines is 2. The van der Waals surface area contributed by atoms with E-state index >= 15 is 0 Å². The minimum atomic E-state index is -0.739. The van der Waals surface area contributed by atoms with Gasteiger partial charge in [0.05, 0.1) is 17.1 Å². The smallest absolute Gasteiger partial charge is 0.237 e. The molecule has 1 aliphatic heterocycles. The van der Waals surface area contributed by atoms with Crippen LogP contribution in [-0.4, -0.2) is 33.4 Å². The van der Waals surface area contributed by atoms with Gasteiger partial charge in [-0.05, 0) is 50.2 Å². The molecule has 0 aliphatic carbocycles. The Morgan fingerprint density at radius 3 is 2.55 bits per heavy atom. The van der Waals surface area contributed by atoms with Crippen molar-refractivity contribution in [3.05, 3.63) is 64.9 Å². The fraction of sp³-hybridized carbons (Fsp3) is 0.273. The summed E-state index contributed by atoms with van der Waals surface area (Å²) in [7, 11) is 0. The Balaban J connectivity index is 1.88. The first kappa shape index (κ1) is 21.3. The maximum Gasteiger partial charge on any atom is 0.237 e. The number of nitrogens with zero attached hydrogens (tertiary/aromatic N) is 3. The number of aromatic nitrogens is 2. The number of nitrogens with two attached hydrogens (primary N) is 1. The Hall–Kier alpha value is -2.97. The molecule has 3 aromatic rings. The molecule has 0 spiro atoms. The van der Waals surface area contributed by atoms with Gasteiger partial charge in [0.1, 0.15) is 29.0 Å². The SMILES string of the molecule is CC1(C)c2nc(-c3ccc(Cl)c(F)c3)c(Nc3ccc(F)cc3)n2CCN1C(=O)CN. The lowest BCUT2D eigenvalue weighted by Gasteiger charge is -2.42. The second kappa shape index (κ2) is 7.94. The lowest BCUT2D eigenvalue weighted by molar-refractivity contribution is -0.137. The third kappa shape index (κ3) is 3.77. The molecule has 1 aromatic heterocycles. The molecule has 2 aromatic carbocycles. The van der Waals surface area contributed by atoms with Crippen LogP contribution in [0.25, 0.3) is 11.3 Å². The molecule has 0 radical (unpaired) electrons. The van der Waals surface area contributed by atoms with Crippen molar-refractivity contribution in [1.82, 2.24) is 14.5 Å². The van der Waals surface area contributed by atoms with Crippen LogP contribution in [0.4, 0.5) is 20.3 Å². The van der Waals surface area contributed by atoms with Gasteiger partial charge in [-0.2, -0.15) is 0 Å². The number of benzene rings is 2. The van der Waals surface area contributed by atoms with Crippen LogP contribution in [0.15, 0.2) is 42.5 Å². The average Bonchev–Trinajstić information content (AvgIpc) is 3.11. The largest absolute Gasteiger partial charge is 0.340 e. The Morgan fingerprint density at radius 2 is 1.90 bits per heavy atom. The van der Waals surface area contributed by atoms with Gasteiger partial charge < -0.3 is 20.5 Å². The lowest BCUT2D eigenvalue weighted by Crippen LogP contribution is -2.53. The number of carbonyl (C=O) groups excluding carboxylic acids is 1. The summed E-state index contributed by atoms with van der Waals surface area (Å²) >= 11 is 5.86. The van der Waals surface area contributed by atoms with Gasteiger partial charge in [0.2, 0.25) is 5.91 Å². The molecule has 4 rings (SSSR count). The molecule has 0 unspecified atom stereocenters. The van der Waals surface area contributed by atoms with Gasteiger partial charge in [0.15, 0.2) is 0 Å². The molecule has 0 atom stereocenters. The summed E-state index contributed by atoms with van der Waals surface area (Å²) in [4.78, 5) is 18.9. The van der Waals surface area contributed by atoms with Crippen LogP contribution in [-0.2, 0) is 16.9 Å². The number of rotatable bonds is 4. The number of halogens is 3. The number of carbonyl (C=O) groups is 1. The van der Waals surface area contributed by atoms with E-state index in [4.69, 9.17) is 22.3 Å². The van der Waals surface area contributed by atoms with Crippen molar-refractivity contribution < 1.29 is 13.6 Å². The molecule has 0 bridgehead atoms. The topological polar surface area (TPSA) is 76.2 Å². The molecule has 2 heterocycles. The van der Waals surface area contributed by atoms with E-state index in [1.54, 1.807) is 23.1 Å². The van der Waals surface area contributed by atoms with Crippen LogP contribution in [0.3, 0.4) is 0 Å². The normalized spacial score (nSPS) is 15.0. The predicted molar refractivity (Wildman–Crippen MR) is 116 cm³/mol. The number of hydrogen-bond acceptors (Lipinski definition) is 4. The van der Waals surface area contributed by atoms with Crippen molar-refractivity contribution in [2.75, 3.05) is 18.4 Å². The van der Waals surface area contributed by atoms with Gasteiger partial charge in [0, 0.05) is 24.3 Å². The first-order chi connectivity index (χ1) is 14.7. The minimum absolute atomic E-state index is 0.0146. The lowest BCUT2D eigenvalue weighted by atomic mass is 9.99. The first-order valence-corrected chi connectivity index (χ1v) is 10.2. The summed E-state index contributed by atoms with van der Waals surface area (Å²) in [5, 5.41) is 3.30. The molecule has 3 N–H and O–H groups in total. The number of amides is 1. The summed E-state index contributed by atoms with van der Waals surface area (Å²) < 4.78 is 29.6. The summed E-state index contributed by atoms with van der Waals surface area (Å²) in [6.07, 6.45) is 0. The Bertz CT molecular complexity index is 1140. The van der Waals surface area contributed by atoms with E-state index in [0.29, 0.717) is 41.7 Å². The second-order valence-electron chi connectivity index (χ2n) is 7.85. The van der Waals surface area contributed by atoms with Gasteiger partial charge in [-0.1, -0.05) is 17.7 Å². The zero-order valence-corrected chi connectivity index (χ0v) is 17.9. The standard InChI is InChI=1S/C22H22ClF2N5O/c1-22(2)21-28-19(13-3-8-16(23)17(25)11-13)20(27-15-6-4-14(24)5-7-15)29(21)9-10-30(22)18(31)12-26/h3-8,11,27H,9-10,12,26H2,1-2H3. The summed E-state index contributed by atoms with van der Waals surface area (Å²) in [5.41, 5.74) is 6.55. The fourth-order valence-electron chi connectivity index (χ4n) is 3.93. The summed E-state index contributed by atoms with van der Waals surface area (Å²) in [6.45, 7) is 4.61. The quantitative estimate of drug-likeness (QED) is 0.629. The van der Waals surface area contributed by atoms with Crippen molar-refractivity contribution in [2.45, 2.75) is 25.9 Å². The van der Waals surface area contributed by atoms with Gasteiger partial charge >= 0.3 is 0 Å². The maximum atomic E-state index is 14.2. The molecule has 0 saturated heterocycles. The van der Waals surface area contributed by atoms with E-state index in [2.05, 4.69) is 5.32 Å². The number of imidazole rings is 1. The summed E-state index contributed by atoms with van der Waals surface area (Å²) in [5.74, 6) is 0.174. The summed E-state index contributed by atoms with van der Waals surface area (Å²) in [6, 6.07) is 10.4. The van der Waals surface area contributed by atoms with E-state index in [1.165, 1.54) is 24.3 Å². The molecule has 6 nitrogen and oxygen atoms in total. The highest BCUT2D eigenvalue weighted by Gasteiger charge is 2.41. The number of nitrogens with one attached hydrogen (secondary N) is 1. The predicted octanol–water partition coefficient (Wildman–Crippen LogP) is 4.26. The molecule has 0 fully saturated rings.